The number of fused-ring (bicyclic) bond motifs is 4. The van der Waals surface area contributed by atoms with Gasteiger partial charge in [0.05, 0.1) is 0 Å². The molecule has 2 radical (unpaired) electrons. The van der Waals surface area contributed by atoms with Crippen LogP contribution in [0.25, 0.3) is 43.1 Å². The Kier molecular flexibility index (Phi) is 27.2. The molecule has 0 atom stereocenters. The maximum atomic E-state index is 2.20. The minimum atomic E-state index is 0. The van der Waals surface area contributed by atoms with Crippen molar-refractivity contribution in [2.45, 2.75) is 55.4 Å². The topological polar surface area (TPSA) is 0 Å². The molecule has 0 aliphatic heterocycles. The molecular weight excluding hydrogens is 806 g/mol. The average Bonchev–Trinajstić information content (AvgIpc) is 3.80. The summed E-state index contributed by atoms with van der Waals surface area (Å²) >= 11 is 0. The first-order valence-corrected chi connectivity index (χ1v) is 16.2. The molecule has 0 amide bonds. The van der Waals surface area contributed by atoms with Crippen molar-refractivity contribution in [1.29, 1.82) is 0 Å². The first-order valence-electron chi connectivity index (χ1n) is 16.2. The minimum absolute atomic E-state index is 0. The largest absolute Gasteiger partial charge is 3.00 e. The third kappa shape index (κ3) is 16.8. The van der Waals surface area contributed by atoms with Gasteiger partial charge in [0.25, 0.3) is 0 Å². The minimum Gasteiger partial charge on any atom is -1.00 e. The number of halogens is 2. The van der Waals surface area contributed by atoms with Gasteiger partial charge in [0.15, 0.2) is 0 Å². The summed E-state index contributed by atoms with van der Waals surface area (Å²) in [6.07, 6.45) is 4.00. The van der Waals surface area contributed by atoms with E-state index < -0.39 is 0 Å². The normalized spacial score (nSPS) is 9.12. The zero-order valence-corrected chi connectivity index (χ0v) is 37.2. The van der Waals surface area contributed by atoms with E-state index in [0.29, 0.717) is 0 Å². The first-order chi connectivity index (χ1) is 22.3. The van der Waals surface area contributed by atoms with Crippen LogP contribution in [0.5, 0.6) is 0 Å². The van der Waals surface area contributed by atoms with Gasteiger partial charge in [0.1, 0.15) is 0 Å². The molecule has 0 fully saturated rings. The average molecular weight is 856 g/mol. The Morgan fingerprint density at radius 1 is 0.340 bits per heavy atom. The van der Waals surface area contributed by atoms with Crippen molar-refractivity contribution in [1.82, 2.24) is 0 Å². The van der Waals surface area contributed by atoms with E-state index in [2.05, 4.69) is 173 Å². The van der Waals surface area contributed by atoms with Gasteiger partial charge >= 0.3 is 52.4 Å². The van der Waals surface area contributed by atoms with Gasteiger partial charge in [-0.2, -0.15) is 52.0 Å². The molecule has 8 aromatic rings. The number of rotatable bonds is 0. The van der Waals surface area contributed by atoms with Gasteiger partial charge in [0, 0.05) is 0 Å². The number of hydrogen-bond donors (Lipinski definition) is 0. The zero-order valence-electron chi connectivity index (χ0n) is 30.8. The van der Waals surface area contributed by atoms with E-state index >= 15 is 0 Å². The second-order valence-electron chi connectivity index (χ2n) is 11.8. The van der Waals surface area contributed by atoms with E-state index in [1.807, 2.05) is 40.5 Å². The van der Waals surface area contributed by atoms with Crippen molar-refractivity contribution >= 4 is 43.1 Å². The van der Waals surface area contributed by atoms with Crippen molar-refractivity contribution in [3.63, 3.8) is 0 Å². The number of hydrogen-bond acceptors (Lipinski definition) is 0. The molecule has 0 aliphatic rings. The fraction of sp³-hybridized carbons (Fsp3) is 0.174. The summed E-state index contributed by atoms with van der Waals surface area (Å²) in [5, 5.41) is 10.8. The molecule has 258 valence electrons. The van der Waals surface area contributed by atoms with Crippen LogP contribution in [-0.4, -0.2) is 0 Å². The summed E-state index contributed by atoms with van der Waals surface area (Å²) in [4.78, 5) is 0. The smallest absolute Gasteiger partial charge is 1.00 e. The van der Waals surface area contributed by atoms with Gasteiger partial charge in [0.2, 0.25) is 0 Å². The van der Waals surface area contributed by atoms with Crippen LogP contribution in [0.2, 0.25) is 0 Å². The van der Waals surface area contributed by atoms with Crippen LogP contribution in [0, 0.1) is 40.5 Å². The van der Waals surface area contributed by atoms with E-state index in [9.17, 15) is 0 Å². The van der Waals surface area contributed by atoms with Crippen molar-refractivity contribution in [3.8, 4) is 0 Å². The number of benzene rings is 4. The molecule has 50 heavy (non-hydrogen) atoms. The van der Waals surface area contributed by atoms with Gasteiger partial charge in [-0.05, 0) is 0 Å². The first kappa shape index (κ1) is 49.8. The summed E-state index contributed by atoms with van der Waals surface area (Å²) in [7, 11) is 0. The van der Waals surface area contributed by atoms with Crippen LogP contribution in [0.4, 0.5) is 0 Å². The van der Waals surface area contributed by atoms with Crippen LogP contribution < -0.4 is 24.8 Å². The van der Waals surface area contributed by atoms with E-state index in [0.717, 1.165) is 0 Å². The third-order valence-corrected chi connectivity index (χ3v) is 7.05. The maximum Gasteiger partial charge on any atom is 3.00 e. The molecule has 0 nitrogen and oxygen atoms in total. The third-order valence-electron chi connectivity index (χ3n) is 7.05. The molecule has 0 saturated carbocycles. The summed E-state index contributed by atoms with van der Waals surface area (Å²) in [6, 6.07) is 51.3. The second kappa shape index (κ2) is 27.3. The van der Waals surface area contributed by atoms with Gasteiger partial charge in [-0.1, -0.05) is 52.0 Å². The van der Waals surface area contributed by atoms with Crippen LogP contribution in [0.3, 0.4) is 0 Å². The van der Waals surface area contributed by atoms with E-state index in [1.165, 1.54) is 65.3 Å². The molecule has 8 rings (SSSR count). The zero-order chi connectivity index (χ0) is 33.3. The molecule has 8 aromatic carbocycles. The molecule has 0 saturated heterocycles. The molecule has 0 aliphatic carbocycles. The SMILES string of the molecule is C[CH-]C.C[CH-]C.Cc1cc2ccccc2[cH-]1.Cc1cc2ccccc2[cH-]1.Cc1cc2ccccc2[cH-]1.Cc1cc2ccccc2[cH-]1.[Cl-].[Cl-].[Zr+3].[Zr+3]. The second-order valence-corrected chi connectivity index (χ2v) is 11.8. The Morgan fingerprint density at radius 3 is 0.660 bits per heavy atom. The fourth-order valence-electron chi connectivity index (χ4n) is 5.22. The Morgan fingerprint density at radius 2 is 0.500 bits per heavy atom. The predicted octanol–water partition coefficient (Wildman–Crippen LogP) is 7.93. The van der Waals surface area contributed by atoms with Crippen LogP contribution in [-0.2, 0) is 52.4 Å². The Balaban J connectivity index is 0. The standard InChI is InChI=1S/4C10H9.2C3H7.2ClH.2Zr/c4*1-8-6-9-4-2-3-5-10(9)7-8;2*1-3-2;;;;/h4*2-7H,1H3;2*3H,1-2H3;2*1H;;/q6*-1;;;2*+3/p-2. The van der Waals surface area contributed by atoms with Crippen LogP contribution in [0.1, 0.15) is 49.9 Å². The predicted molar refractivity (Wildman–Crippen MR) is 208 cm³/mol. The van der Waals surface area contributed by atoms with Gasteiger partial charge in [-0.3, -0.25) is 0 Å². The molecule has 0 spiro atoms. The van der Waals surface area contributed by atoms with Crippen LogP contribution in [0.15, 0.2) is 146 Å². The van der Waals surface area contributed by atoms with Crippen molar-refractivity contribution in [3.05, 3.63) is 181 Å². The molecule has 0 heterocycles. The van der Waals surface area contributed by atoms with Crippen LogP contribution >= 0.6 is 0 Å². The fourth-order valence-corrected chi connectivity index (χ4v) is 5.22. The van der Waals surface area contributed by atoms with Crippen molar-refractivity contribution in [2.75, 3.05) is 0 Å². The molecule has 0 N–H and O–H groups in total. The van der Waals surface area contributed by atoms with Crippen molar-refractivity contribution in [2.24, 2.45) is 0 Å². The molecule has 0 aromatic heterocycles. The van der Waals surface area contributed by atoms with E-state index in [1.54, 1.807) is 0 Å². The molecule has 0 bridgehead atoms. The molecule has 4 heteroatoms. The van der Waals surface area contributed by atoms with Gasteiger partial charge in [-0.25, -0.2) is 0 Å². The quantitative estimate of drug-likeness (QED) is 0.136. The summed E-state index contributed by atoms with van der Waals surface area (Å²) < 4.78 is 0. The Bertz CT molecular complexity index is 1580. The van der Waals surface area contributed by atoms with Crippen molar-refractivity contribution < 1.29 is 77.2 Å². The Hall–Kier alpha value is -2.33. The number of aryl methyl sites for hydroxylation is 4. The van der Waals surface area contributed by atoms with Gasteiger partial charge in [-0.15, -0.1) is 162 Å². The molecular formula is C46H50Cl2Zr2-2. The Labute approximate surface area is 353 Å². The summed E-state index contributed by atoms with van der Waals surface area (Å²) in [5.41, 5.74) is 5.39. The summed E-state index contributed by atoms with van der Waals surface area (Å²) in [6.45, 7) is 16.5. The van der Waals surface area contributed by atoms with E-state index in [4.69, 9.17) is 0 Å². The molecule has 0 unspecified atom stereocenters. The van der Waals surface area contributed by atoms with Gasteiger partial charge < -0.3 is 37.7 Å². The summed E-state index contributed by atoms with van der Waals surface area (Å²) in [5.74, 6) is 0. The maximum absolute atomic E-state index is 2.20. The van der Waals surface area contributed by atoms with E-state index in [-0.39, 0.29) is 77.2 Å². The monoisotopic (exact) mass is 852 g/mol.